The molecule has 240 valence electrons. The average Bonchev–Trinajstić information content (AvgIpc) is 3.47. The van der Waals surface area contributed by atoms with Gasteiger partial charge in [0.1, 0.15) is 23.7 Å². The lowest BCUT2D eigenvalue weighted by Gasteiger charge is -2.29. The Morgan fingerprint density at radius 1 is 1.09 bits per heavy atom. The molecule has 3 rings (SSSR count). The Morgan fingerprint density at radius 2 is 1.77 bits per heavy atom. The van der Waals surface area contributed by atoms with Crippen molar-refractivity contribution in [2.45, 2.75) is 88.6 Å². The van der Waals surface area contributed by atoms with Crippen LogP contribution in [-0.2, 0) is 25.7 Å². The van der Waals surface area contributed by atoms with Gasteiger partial charge < -0.3 is 30.7 Å². The highest BCUT2D eigenvalue weighted by atomic mass is 32.2. The summed E-state index contributed by atoms with van der Waals surface area (Å²) in [4.78, 5) is 42.5. The molecule has 0 spiro atoms. The van der Waals surface area contributed by atoms with Crippen molar-refractivity contribution >= 4 is 35.5 Å². The van der Waals surface area contributed by atoms with Crippen LogP contribution in [0.25, 0.3) is 0 Å². The van der Waals surface area contributed by atoms with Crippen molar-refractivity contribution in [2.24, 2.45) is 5.73 Å². The number of carbonyl (C=O) groups is 3. The van der Waals surface area contributed by atoms with Crippen LogP contribution < -0.4 is 25.8 Å². The summed E-state index contributed by atoms with van der Waals surface area (Å²) in [6.45, 7) is 9.04. The van der Waals surface area contributed by atoms with E-state index in [1.54, 1.807) is 36.3 Å². The number of likely N-dealkylation sites (tertiary alicyclic amines) is 1. The van der Waals surface area contributed by atoms with Crippen LogP contribution in [0.4, 0.5) is 0 Å². The van der Waals surface area contributed by atoms with Crippen molar-refractivity contribution < 1.29 is 23.9 Å². The smallest absolute Gasteiger partial charge is 0.243 e. The van der Waals surface area contributed by atoms with Crippen molar-refractivity contribution in [3.05, 3.63) is 59.7 Å². The van der Waals surface area contributed by atoms with E-state index in [0.29, 0.717) is 43.7 Å². The molecule has 1 aliphatic rings. The average molecular weight is 627 g/mol. The summed E-state index contributed by atoms with van der Waals surface area (Å²) < 4.78 is 14.3. The topological polar surface area (TPSA) is 159 Å². The van der Waals surface area contributed by atoms with Crippen LogP contribution in [0.5, 0.6) is 5.75 Å². The standard InChI is InChI=1S/C32H46N6O5S/c1-21(2)43-32(3,4)16-17-35-28(39)19-26(37-44-25-14-12-24(42-5)13-15-25)31(41)38-18-6-7-27(38)30(40)36-20-22-8-10-23(11-9-22)29(33)34/h8-15,21,26-27,37H,6-7,16-20H2,1-5H3,(H3,33,34)(H,35,39)(H,36,40)/t26-,27+/m1/s1. The van der Waals surface area contributed by atoms with E-state index in [2.05, 4.69) is 15.4 Å². The Hall–Kier alpha value is -3.61. The van der Waals surface area contributed by atoms with Crippen LogP contribution >= 0.6 is 11.9 Å². The number of methoxy groups -OCH3 is 1. The highest BCUT2D eigenvalue weighted by molar-refractivity contribution is 7.97. The van der Waals surface area contributed by atoms with E-state index in [-0.39, 0.29) is 42.6 Å². The number of nitrogens with zero attached hydrogens (tertiary/aromatic N) is 1. The van der Waals surface area contributed by atoms with Gasteiger partial charge in [-0.05, 0) is 88.7 Å². The van der Waals surface area contributed by atoms with Crippen LogP contribution in [0, 0.1) is 5.41 Å². The van der Waals surface area contributed by atoms with Crippen LogP contribution in [-0.4, -0.2) is 72.4 Å². The minimum absolute atomic E-state index is 0.0216. The zero-order chi connectivity index (χ0) is 32.3. The zero-order valence-electron chi connectivity index (χ0n) is 26.3. The molecule has 6 N–H and O–H groups in total. The summed E-state index contributed by atoms with van der Waals surface area (Å²) in [6, 6.07) is 13.0. The predicted molar refractivity (Wildman–Crippen MR) is 172 cm³/mol. The molecule has 2 aromatic rings. The van der Waals surface area contributed by atoms with Gasteiger partial charge in [0.05, 0.1) is 25.2 Å². The van der Waals surface area contributed by atoms with Gasteiger partial charge in [-0.2, -0.15) is 0 Å². The first-order valence-corrected chi connectivity index (χ1v) is 15.7. The first-order valence-electron chi connectivity index (χ1n) is 14.9. The molecule has 1 aliphatic heterocycles. The lowest BCUT2D eigenvalue weighted by molar-refractivity contribution is -0.140. The van der Waals surface area contributed by atoms with Gasteiger partial charge in [-0.3, -0.25) is 19.8 Å². The molecule has 0 unspecified atom stereocenters. The molecular weight excluding hydrogens is 580 g/mol. The number of nitrogens with one attached hydrogen (secondary N) is 4. The minimum Gasteiger partial charge on any atom is -0.497 e. The zero-order valence-corrected chi connectivity index (χ0v) is 27.1. The molecule has 3 amide bonds. The number of carbonyl (C=O) groups excluding carboxylic acids is 3. The van der Waals surface area contributed by atoms with E-state index in [0.717, 1.165) is 10.5 Å². The number of hydrogen-bond donors (Lipinski definition) is 5. The number of rotatable bonds is 16. The molecule has 1 fully saturated rings. The molecule has 11 nitrogen and oxygen atoms in total. The van der Waals surface area contributed by atoms with Crippen molar-refractivity contribution in [1.82, 2.24) is 20.3 Å². The molecule has 0 saturated carbocycles. The minimum atomic E-state index is -0.852. The molecule has 12 heteroatoms. The molecule has 1 saturated heterocycles. The van der Waals surface area contributed by atoms with Gasteiger partial charge in [0.25, 0.3) is 0 Å². The number of hydrogen-bond acceptors (Lipinski definition) is 8. The number of ether oxygens (including phenoxy) is 2. The summed E-state index contributed by atoms with van der Waals surface area (Å²) in [5, 5.41) is 13.4. The van der Waals surface area contributed by atoms with Crippen molar-refractivity contribution in [2.75, 3.05) is 20.2 Å². The van der Waals surface area contributed by atoms with Gasteiger partial charge in [0.2, 0.25) is 17.7 Å². The van der Waals surface area contributed by atoms with Crippen LogP contribution in [0.3, 0.4) is 0 Å². The quantitative estimate of drug-likeness (QED) is 0.108. The molecule has 0 bridgehead atoms. The summed E-state index contributed by atoms with van der Waals surface area (Å²) in [6.07, 6.45) is 1.83. The van der Waals surface area contributed by atoms with Gasteiger partial charge >= 0.3 is 0 Å². The van der Waals surface area contributed by atoms with E-state index in [9.17, 15) is 14.4 Å². The third-order valence-corrected chi connectivity index (χ3v) is 8.15. The first kappa shape index (κ1) is 34.9. The van der Waals surface area contributed by atoms with Gasteiger partial charge in [0.15, 0.2) is 0 Å². The van der Waals surface area contributed by atoms with Crippen LogP contribution in [0.2, 0.25) is 0 Å². The van der Waals surface area contributed by atoms with E-state index >= 15 is 0 Å². The Kier molecular flexibility index (Phi) is 13.0. The third kappa shape index (κ3) is 10.8. The van der Waals surface area contributed by atoms with Gasteiger partial charge in [-0.1, -0.05) is 24.3 Å². The Balaban J connectivity index is 1.65. The Bertz CT molecular complexity index is 1270. The molecule has 2 atom stereocenters. The predicted octanol–water partition coefficient (Wildman–Crippen LogP) is 3.35. The van der Waals surface area contributed by atoms with E-state index < -0.39 is 17.7 Å². The molecular formula is C32H46N6O5S. The SMILES string of the molecule is COc1ccc(SN[C@H](CC(=O)NCCC(C)(C)OC(C)C)C(=O)N2CCC[C@H]2C(=O)NCc2ccc(C(=N)N)cc2)cc1. The normalized spacial score (nSPS) is 15.6. The number of nitrogens with two attached hydrogens (primary N) is 1. The molecule has 0 aliphatic carbocycles. The molecule has 1 heterocycles. The second kappa shape index (κ2) is 16.5. The molecule has 0 radical (unpaired) electrons. The van der Waals surface area contributed by atoms with Crippen molar-refractivity contribution in [1.29, 1.82) is 5.41 Å². The summed E-state index contributed by atoms with van der Waals surface area (Å²) in [5.74, 6) is -0.114. The first-order chi connectivity index (χ1) is 20.9. The highest BCUT2D eigenvalue weighted by Crippen LogP contribution is 2.23. The van der Waals surface area contributed by atoms with E-state index in [4.69, 9.17) is 20.6 Å². The number of amides is 3. The maximum absolute atomic E-state index is 13.9. The maximum Gasteiger partial charge on any atom is 0.243 e. The van der Waals surface area contributed by atoms with Gasteiger partial charge in [0, 0.05) is 30.1 Å². The fourth-order valence-corrected chi connectivity index (χ4v) is 5.77. The van der Waals surface area contributed by atoms with Gasteiger partial charge in [-0.15, -0.1) is 0 Å². The number of nitrogen functional groups attached to an aromatic ring is 1. The van der Waals surface area contributed by atoms with Gasteiger partial charge in [-0.25, -0.2) is 4.72 Å². The van der Waals surface area contributed by atoms with E-state index in [1.807, 2.05) is 52.0 Å². The molecule has 44 heavy (non-hydrogen) atoms. The van der Waals surface area contributed by atoms with Crippen molar-refractivity contribution in [3.63, 3.8) is 0 Å². The lowest BCUT2D eigenvalue weighted by Crippen LogP contribution is -2.52. The Morgan fingerprint density at radius 3 is 2.39 bits per heavy atom. The second-order valence-corrected chi connectivity index (χ2v) is 12.6. The Labute approximate surface area is 264 Å². The fraction of sp³-hybridized carbons (Fsp3) is 0.500. The molecule has 2 aromatic carbocycles. The largest absolute Gasteiger partial charge is 0.497 e. The van der Waals surface area contributed by atoms with Crippen molar-refractivity contribution in [3.8, 4) is 5.75 Å². The summed E-state index contributed by atoms with van der Waals surface area (Å²) >= 11 is 1.25. The molecule has 0 aromatic heterocycles. The summed E-state index contributed by atoms with van der Waals surface area (Å²) in [7, 11) is 1.59. The third-order valence-electron chi connectivity index (χ3n) is 7.24. The maximum atomic E-state index is 13.9. The lowest BCUT2D eigenvalue weighted by atomic mass is 10.0. The summed E-state index contributed by atoms with van der Waals surface area (Å²) in [5.41, 5.74) is 6.59. The highest BCUT2D eigenvalue weighted by Gasteiger charge is 2.38. The number of amidine groups is 1. The fourth-order valence-electron chi connectivity index (χ4n) is 5.03. The second-order valence-electron chi connectivity index (χ2n) is 11.7. The number of benzene rings is 2. The van der Waals surface area contributed by atoms with E-state index in [1.165, 1.54) is 11.9 Å². The monoisotopic (exact) mass is 626 g/mol. The van der Waals surface area contributed by atoms with Crippen LogP contribution in [0.1, 0.15) is 64.5 Å². The van der Waals surface area contributed by atoms with Crippen LogP contribution in [0.15, 0.2) is 53.4 Å².